The molecule has 1 saturated carbocycles. The zero-order chi connectivity index (χ0) is 15.4. The van der Waals surface area contributed by atoms with E-state index in [2.05, 4.69) is 56.2 Å². The van der Waals surface area contributed by atoms with Crippen LogP contribution in [-0.4, -0.2) is 71.6 Å². The van der Waals surface area contributed by atoms with Crippen LogP contribution >= 0.6 is 0 Å². The molecule has 0 bridgehead atoms. The largest absolute Gasteiger partial charge is 0.300 e. The molecule has 0 aromatic heterocycles. The van der Waals surface area contributed by atoms with Gasteiger partial charge in [-0.2, -0.15) is 0 Å². The van der Waals surface area contributed by atoms with Gasteiger partial charge >= 0.3 is 0 Å². The number of hydrogen-bond donors (Lipinski definition) is 0. The molecule has 0 aromatic rings. The lowest BCUT2D eigenvalue weighted by molar-refractivity contribution is 0.0562. The molecule has 3 aliphatic rings. The summed E-state index contributed by atoms with van der Waals surface area (Å²) in [6.45, 7) is 23.2. The zero-order valence-corrected chi connectivity index (χ0v) is 15.0. The Labute approximate surface area is 131 Å². The molecule has 122 valence electrons. The van der Waals surface area contributed by atoms with Crippen molar-refractivity contribution in [2.75, 3.05) is 45.8 Å². The molecule has 0 N–H and O–H groups in total. The summed E-state index contributed by atoms with van der Waals surface area (Å²) in [6, 6.07) is 0. The minimum Gasteiger partial charge on any atom is -0.300 e. The van der Waals surface area contributed by atoms with E-state index in [1.165, 1.54) is 45.8 Å². The number of rotatable bonds is 2. The van der Waals surface area contributed by atoms with Crippen molar-refractivity contribution in [3.8, 4) is 0 Å². The van der Waals surface area contributed by atoms with E-state index in [1.54, 1.807) is 0 Å². The standard InChI is InChI=1S/C18H35N3/c1-17(2,3)20-9-7-19(8-10-20)11-14-15-12-21(13-16(14)15)18(4,5)6/h14-16H,7-13H2,1-6H3. The Balaban J connectivity index is 1.42. The van der Waals surface area contributed by atoms with Crippen LogP contribution in [0, 0.1) is 17.8 Å². The van der Waals surface area contributed by atoms with Gasteiger partial charge in [0.05, 0.1) is 0 Å². The second-order valence-electron chi connectivity index (χ2n) is 9.53. The molecule has 3 rings (SSSR count). The van der Waals surface area contributed by atoms with Crippen molar-refractivity contribution >= 4 is 0 Å². The van der Waals surface area contributed by atoms with Gasteiger partial charge in [0.2, 0.25) is 0 Å². The van der Waals surface area contributed by atoms with Crippen molar-refractivity contribution in [2.24, 2.45) is 17.8 Å². The Morgan fingerprint density at radius 2 is 1.19 bits per heavy atom. The van der Waals surface area contributed by atoms with E-state index in [0.29, 0.717) is 11.1 Å². The molecule has 21 heavy (non-hydrogen) atoms. The van der Waals surface area contributed by atoms with Gasteiger partial charge in [-0.25, -0.2) is 0 Å². The molecule has 2 heterocycles. The monoisotopic (exact) mass is 293 g/mol. The van der Waals surface area contributed by atoms with Crippen LogP contribution in [0.5, 0.6) is 0 Å². The minimum absolute atomic E-state index is 0.343. The van der Waals surface area contributed by atoms with Crippen molar-refractivity contribution in [2.45, 2.75) is 52.6 Å². The van der Waals surface area contributed by atoms with Crippen LogP contribution < -0.4 is 0 Å². The van der Waals surface area contributed by atoms with E-state index in [-0.39, 0.29) is 0 Å². The fourth-order valence-electron chi connectivity index (χ4n) is 4.37. The summed E-state index contributed by atoms with van der Waals surface area (Å²) in [6.07, 6.45) is 0. The first kappa shape index (κ1) is 15.8. The van der Waals surface area contributed by atoms with Gasteiger partial charge in [0.25, 0.3) is 0 Å². The summed E-state index contributed by atoms with van der Waals surface area (Å²) < 4.78 is 0. The lowest BCUT2D eigenvalue weighted by atomic mass is 10.0. The van der Waals surface area contributed by atoms with E-state index < -0.39 is 0 Å². The maximum atomic E-state index is 2.73. The Morgan fingerprint density at radius 3 is 1.62 bits per heavy atom. The lowest BCUT2D eigenvalue weighted by Gasteiger charge is -2.42. The van der Waals surface area contributed by atoms with E-state index in [0.717, 1.165) is 17.8 Å². The highest BCUT2D eigenvalue weighted by atomic mass is 15.3. The fourth-order valence-corrected chi connectivity index (χ4v) is 4.37. The van der Waals surface area contributed by atoms with Gasteiger partial charge in [0.15, 0.2) is 0 Å². The van der Waals surface area contributed by atoms with Gasteiger partial charge in [-0.15, -0.1) is 0 Å². The molecule has 0 amide bonds. The lowest BCUT2D eigenvalue weighted by Crippen LogP contribution is -2.53. The number of hydrogen-bond acceptors (Lipinski definition) is 3. The molecule has 2 aliphatic heterocycles. The van der Waals surface area contributed by atoms with Crippen LogP contribution in [0.25, 0.3) is 0 Å². The molecule has 3 nitrogen and oxygen atoms in total. The average molecular weight is 293 g/mol. The number of nitrogens with zero attached hydrogens (tertiary/aromatic N) is 3. The summed E-state index contributed by atoms with van der Waals surface area (Å²) in [4.78, 5) is 8.06. The third-order valence-electron chi connectivity index (χ3n) is 6.11. The Hall–Kier alpha value is -0.120. The van der Waals surface area contributed by atoms with Crippen LogP contribution in [0.2, 0.25) is 0 Å². The van der Waals surface area contributed by atoms with Gasteiger partial charge in [0.1, 0.15) is 0 Å². The van der Waals surface area contributed by atoms with Crippen LogP contribution in [0.15, 0.2) is 0 Å². The molecular weight excluding hydrogens is 258 g/mol. The fraction of sp³-hybridized carbons (Fsp3) is 1.00. The second-order valence-corrected chi connectivity index (χ2v) is 9.53. The summed E-state index contributed by atoms with van der Waals surface area (Å²) in [5, 5.41) is 0. The van der Waals surface area contributed by atoms with E-state index >= 15 is 0 Å². The number of likely N-dealkylation sites (tertiary alicyclic amines) is 1. The van der Waals surface area contributed by atoms with Crippen LogP contribution in [0.1, 0.15) is 41.5 Å². The van der Waals surface area contributed by atoms with Crippen molar-refractivity contribution in [1.82, 2.24) is 14.7 Å². The number of piperazine rings is 1. The first-order chi connectivity index (χ1) is 9.66. The molecule has 0 spiro atoms. The van der Waals surface area contributed by atoms with E-state index in [1.807, 2.05) is 0 Å². The normalized spacial score (nSPS) is 36.0. The first-order valence-corrected chi connectivity index (χ1v) is 8.89. The van der Waals surface area contributed by atoms with Crippen LogP contribution in [0.3, 0.4) is 0 Å². The number of fused-ring (bicyclic) bond motifs is 1. The quantitative estimate of drug-likeness (QED) is 0.774. The maximum Gasteiger partial charge on any atom is 0.0126 e. The molecule has 3 fully saturated rings. The summed E-state index contributed by atoms with van der Waals surface area (Å²) in [5.41, 5.74) is 0.714. The summed E-state index contributed by atoms with van der Waals surface area (Å²) in [5.74, 6) is 3.01. The molecule has 2 unspecified atom stereocenters. The number of piperidine rings is 1. The van der Waals surface area contributed by atoms with E-state index in [4.69, 9.17) is 0 Å². The second kappa shape index (κ2) is 5.21. The topological polar surface area (TPSA) is 9.72 Å². The van der Waals surface area contributed by atoms with Gasteiger partial charge < -0.3 is 4.90 Å². The van der Waals surface area contributed by atoms with Crippen molar-refractivity contribution < 1.29 is 0 Å². The smallest absolute Gasteiger partial charge is 0.0126 e. The third kappa shape index (κ3) is 3.30. The molecule has 0 aromatic carbocycles. The molecule has 3 heteroatoms. The summed E-state index contributed by atoms with van der Waals surface area (Å²) >= 11 is 0. The van der Waals surface area contributed by atoms with Gasteiger partial charge in [0, 0.05) is 56.9 Å². The predicted molar refractivity (Wildman–Crippen MR) is 89.6 cm³/mol. The van der Waals surface area contributed by atoms with Crippen molar-refractivity contribution in [3.63, 3.8) is 0 Å². The Morgan fingerprint density at radius 1 is 0.714 bits per heavy atom. The van der Waals surface area contributed by atoms with Crippen LogP contribution in [0.4, 0.5) is 0 Å². The molecule has 2 saturated heterocycles. The predicted octanol–water partition coefficient (Wildman–Crippen LogP) is 2.38. The maximum absolute atomic E-state index is 2.73. The van der Waals surface area contributed by atoms with E-state index in [9.17, 15) is 0 Å². The highest BCUT2D eigenvalue weighted by Crippen LogP contribution is 2.53. The molecule has 1 aliphatic carbocycles. The van der Waals surface area contributed by atoms with Crippen molar-refractivity contribution in [1.29, 1.82) is 0 Å². The average Bonchev–Trinajstić information content (AvgIpc) is 2.82. The van der Waals surface area contributed by atoms with Gasteiger partial charge in [-0.05, 0) is 59.3 Å². The Kier molecular flexibility index (Phi) is 3.91. The highest BCUT2D eigenvalue weighted by Gasteiger charge is 2.57. The molecule has 2 atom stereocenters. The highest BCUT2D eigenvalue weighted by molar-refractivity contribution is 5.08. The molecule has 0 radical (unpaired) electrons. The Bertz CT molecular complexity index is 347. The first-order valence-electron chi connectivity index (χ1n) is 8.89. The molecular formula is C18H35N3. The van der Waals surface area contributed by atoms with Crippen LogP contribution in [-0.2, 0) is 0 Å². The summed E-state index contributed by atoms with van der Waals surface area (Å²) in [7, 11) is 0. The van der Waals surface area contributed by atoms with Gasteiger partial charge in [-0.1, -0.05) is 0 Å². The van der Waals surface area contributed by atoms with Gasteiger partial charge in [-0.3, -0.25) is 9.80 Å². The zero-order valence-electron chi connectivity index (χ0n) is 15.0. The van der Waals surface area contributed by atoms with Crippen molar-refractivity contribution in [3.05, 3.63) is 0 Å². The SMILES string of the molecule is CC(C)(C)N1CCN(CC2C3CN(C(C)(C)C)CC23)CC1. The third-order valence-corrected chi connectivity index (χ3v) is 6.11. The minimum atomic E-state index is 0.343.